The first-order valence-corrected chi connectivity index (χ1v) is 15.5. The van der Waals surface area contributed by atoms with Gasteiger partial charge in [-0.05, 0) is 41.7 Å². The summed E-state index contributed by atoms with van der Waals surface area (Å²) in [7, 11) is 0. The summed E-state index contributed by atoms with van der Waals surface area (Å²) in [5.41, 5.74) is 4.67. The van der Waals surface area contributed by atoms with Crippen molar-refractivity contribution in [1.29, 1.82) is 0 Å². The summed E-state index contributed by atoms with van der Waals surface area (Å²) in [6.45, 7) is 5.23. The van der Waals surface area contributed by atoms with Crippen LogP contribution in [-0.4, -0.2) is 42.9 Å². The SMILES string of the molecule is C/C=C(\C)C(=O)[C@@H]1OC(COCc2ccccc2)[C@H](OCc2ccccc2)C(OCc2ccccc2)C1OCc1ccccc1. The molecule has 6 heteroatoms. The Morgan fingerprint density at radius 3 is 1.44 bits per heavy atom. The summed E-state index contributed by atoms with van der Waals surface area (Å²) >= 11 is 0. The number of ether oxygens (including phenoxy) is 5. The summed E-state index contributed by atoms with van der Waals surface area (Å²) in [5.74, 6) is -0.140. The molecule has 6 nitrogen and oxygen atoms in total. The van der Waals surface area contributed by atoms with E-state index in [0.29, 0.717) is 32.0 Å². The highest BCUT2D eigenvalue weighted by Crippen LogP contribution is 2.32. The summed E-state index contributed by atoms with van der Waals surface area (Å²) in [6.07, 6.45) is -1.64. The number of rotatable bonds is 15. The number of hydrogen-bond acceptors (Lipinski definition) is 6. The number of Topliss-reactive ketones (excluding diaryl/α,β-unsaturated/α-hetero) is 1. The lowest BCUT2D eigenvalue weighted by Crippen LogP contribution is -2.63. The number of benzene rings is 4. The molecule has 0 radical (unpaired) electrons. The van der Waals surface area contributed by atoms with Gasteiger partial charge >= 0.3 is 0 Å². The van der Waals surface area contributed by atoms with Crippen molar-refractivity contribution in [3.63, 3.8) is 0 Å². The highest BCUT2D eigenvalue weighted by Gasteiger charge is 2.51. The second-order valence-electron chi connectivity index (χ2n) is 11.2. The fourth-order valence-corrected chi connectivity index (χ4v) is 5.37. The van der Waals surface area contributed by atoms with Gasteiger partial charge < -0.3 is 23.7 Å². The minimum absolute atomic E-state index is 0.140. The maximum Gasteiger partial charge on any atom is 0.189 e. The van der Waals surface area contributed by atoms with Crippen molar-refractivity contribution in [2.24, 2.45) is 0 Å². The molecule has 4 aromatic rings. The van der Waals surface area contributed by atoms with Crippen LogP contribution in [0, 0.1) is 0 Å². The van der Waals surface area contributed by atoms with Gasteiger partial charge in [0.1, 0.15) is 30.5 Å². The molecule has 1 fully saturated rings. The first-order valence-electron chi connectivity index (χ1n) is 15.5. The molecular weight excluding hydrogens is 564 g/mol. The molecule has 1 saturated heterocycles. The van der Waals surface area contributed by atoms with Crippen LogP contribution in [0.15, 0.2) is 133 Å². The smallest absolute Gasteiger partial charge is 0.189 e. The van der Waals surface area contributed by atoms with Crippen molar-refractivity contribution >= 4 is 5.78 Å². The Morgan fingerprint density at radius 2 is 1.00 bits per heavy atom. The Labute approximate surface area is 266 Å². The number of carbonyl (C=O) groups excluding carboxylic acids is 1. The Bertz CT molecular complexity index is 1460. The third-order valence-electron chi connectivity index (χ3n) is 7.96. The molecule has 0 bridgehead atoms. The van der Waals surface area contributed by atoms with Gasteiger partial charge in [-0.2, -0.15) is 0 Å². The molecule has 0 aliphatic carbocycles. The predicted octanol–water partition coefficient (Wildman–Crippen LogP) is 7.26. The van der Waals surface area contributed by atoms with Crippen LogP contribution >= 0.6 is 0 Å². The molecular formula is C39H42O6. The first kappa shape index (κ1) is 32.5. The van der Waals surface area contributed by atoms with Crippen LogP contribution in [0.1, 0.15) is 36.1 Å². The Balaban J connectivity index is 1.47. The van der Waals surface area contributed by atoms with Crippen molar-refractivity contribution in [3.8, 4) is 0 Å². The lowest BCUT2D eigenvalue weighted by atomic mass is 9.90. The highest BCUT2D eigenvalue weighted by molar-refractivity contribution is 5.98. The lowest BCUT2D eigenvalue weighted by molar-refractivity contribution is -0.266. The molecule has 0 saturated carbocycles. The van der Waals surface area contributed by atoms with Gasteiger partial charge in [0.15, 0.2) is 5.78 Å². The van der Waals surface area contributed by atoms with E-state index in [4.69, 9.17) is 23.7 Å². The van der Waals surface area contributed by atoms with E-state index in [1.165, 1.54) is 0 Å². The second kappa shape index (κ2) is 17.0. The summed E-state index contributed by atoms with van der Waals surface area (Å²) in [6, 6.07) is 39.9. The summed E-state index contributed by atoms with van der Waals surface area (Å²) < 4.78 is 32.8. The molecule has 5 rings (SSSR count). The van der Waals surface area contributed by atoms with E-state index in [-0.39, 0.29) is 12.4 Å². The molecule has 5 atom stereocenters. The number of hydrogen-bond donors (Lipinski definition) is 0. The van der Waals surface area contributed by atoms with Gasteiger partial charge in [0.25, 0.3) is 0 Å². The average Bonchev–Trinajstić information content (AvgIpc) is 3.10. The molecule has 4 aromatic carbocycles. The van der Waals surface area contributed by atoms with Gasteiger partial charge in [0, 0.05) is 0 Å². The molecule has 1 aliphatic rings. The normalized spacial score (nSPS) is 21.8. The number of ketones is 1. The van der Waals surface area contributed by atoms with E-state index in [1.54, 1.807) is 13.0 Å². The van der Waals surface area contributed by atoms with Gasteiger partial charge in [-0.25, -0.2) is 0 Å². The van der Waals surface area contributed by atoms with E-state index in [0.717, 1.165) is 22.3 Å². The maximum absolute atomic E-state index is 13.9. The molecule has 3 unspecified atom stereocenters. The van der Waals surface area contributed by atoms with E-state index < -0.39 is 30.5 Å². The van der Waals surface area contributed by atoms with Gasteiger partial charge in [-0.3, -0.25) is 4.79 Å². The maximum atomic E-state index is 13.9. The van der Waals surface area contributed by atoms with Crippen LogP contribution in [0.4, 0.5) is 0 Å². The number of carbonyl (C=O) groups is 1. The summed E-state index contributed by atoms with van der Waals surface area (Å²) in [4.78, 5) is 13.9. The fraction of sp³-hybridized carbons (Fsp3) is 0.308. The van der Waals surface area contributed by atoms with Crippen LogP contribution in [0.5, 0.6) is 0 Å². The molecule has 0 aromatic heterocycles. The van der Waals surface area contributed by atoms with E-state index >= 15 is 0 Å². The minimum atomic E-state index is -0.910. The minimum Gasteiger partial charge on any atom is -0.374 e. The molecule has 1 heterocycles. The first-order chi connectivity index (χ1) is 22.1. The fourth-order valence-electron chi connectivity index (χ4n) is 5.37. The molecule has 234 valence electrons. The standard InChI is InChI=1S/C39H42O6/c1-3-29(2)35(40)37-39(44-27-33-22-14-7-15-23-33)38(43-26-32-20-12-6-13-21-32)36(42-25-31-18-10-5-11-19-31)34(45-37)28-41-24-30-16-8-4-9-17-30/h3-23,34,36-39H,24-28H2,1-2H3/b29-3+/t34?,36-,37-,38?,39?/m0/s1. The van der Waals surface area contributed by atoms with E-state index in [9.17, 15) is 4.79 Å². The van der Waals surface area contributed by atoms with Crippen LogP contribution in [0.2, 0.25) is 0 Å². The van der Waals surface area contributed by atoms with Crippen molar-refractivity contribution < 1.29 is 28.5 Å². The van der Waals surface area contributed by atoms with Crippen LogP contribution in [0.3, 0.4) is 0 Å². The Kier molecular flexibility index (Phi) is 12.2. The predicted molar refractivity (Wildman–Crippen MR) is 174 cm³/mol. The third kappa shape index (κ3) is 9.30. The highest BCUT2D eigenvalue weighted by atomic mass is 16.6. The van der Waals surface area contributed by atoms with Gasteiger partial charge in [-0.15, -0.1) is 0 Å². The molecule has 45 heavy (non-hydrogen) atoms. The van der Waals surface area contributed by atoms with Crippen LogP contribution < -0.4 is 0 Å². The molecule has 0 N–H and O–H groups in total. The average molecular weight is 607 g/mol. The molecule has 0 amide bonds. The monoisotopic (exact) mass is 606 g/mol. The largest absolute Gasteiger partial charge is 0.374 e. The lowest BCUT2D eigenvalue weighted by Gasteiger charge is -2.45. The molecule has 1 aliphatic heterocycles. The zero-order valence-corrected chi connectivity index (χ0v) is 26.0. The van der Waals surface area contributed by atoms with Crippen LogP contribution in [-0.2, 0) is 54.9 Å². The van der Waals surface area contributed by atoms with E-state index in [1.807, 2.05) is 128 Å². The van der Waals surface area contributed by atoms with Gasteiger partial charge in [0.2, 0.25) is 0 Å². The van der Waals surface area contributed by atoms with Gasteiger partial charge in [-0.1, -0.05) is 127 Å². The topological polar surface area (TPSA) is 63.2 Å². The van der Waals surface area contributed by atoms with Crippen molar-refractivity contribution in [1.82, 2.24) is 0 Å². The van der Waals surface area contributed by atoms with Crippen LogP contribution in [0.25, 0.3) is 0 Å². The van der Waals surface area contributed by atoms with Crippen molar-refractivity contribution in [2.45, 2.75) is 70.8 Å². The van der Waals surface area contributed by atoms with Crippen molar-refractivity contribution in [2.75, 3.05) is 6.61 Å². The zero-order valence-electron chi connectivity index (χ0n) is 26.0. The Morgan fingerprint density at radius 1 is 0.600 bits per heavy atom. The summed E-state index contributed by atoms with van der Waals surface area (Å²) in [5, 5.41) is 0. The Hall–Kier alpha value is -3.91. The van der Waals surface area contributed by atoms with Gasteiger partial charge in [0.05, 0.1) is 33.0 Å². The van der Waals surface area contributed by atoms with Crippen molar-refractivity contribution in [3.05, 3.63) is 155 Å². The third-order valence-corrected chi connectivity index (χ3v) is 7.96. The number of allylic oxidation sites excluding steroid dienone is 1. The quantitative estimate of drug-likeness (QED) is 0.133. The second-order valence-corrected chi connectivity index (χ2v) is 11.2. The zero-order chi connectivity index (χ0) is 31.3. The molecule has 0 spiro atoms. The van der Waals surface area contributed by atoms with E-state index in [2.05, 4.69) is 0 Å².